The van der Waals surface area contributed by atoms with Crippen molar-refractivity contribution >= 4 is 0 Å². The average molecular weight is 302 g/mol. The van der Waals surface area contributed by atoms with Crippen molar-refractivity contribution in [2.45, 2.75) is 12.2 Å². The molecule has 0 bridgehead atoms. The second-order valence-corrected chi connectivity index (χ2v) is 5.07. The smallest absolute Gasteiger partial charge is 0.127 e. The van der Waals surface area contributed by atoms with Crippen LogP contribution in [-0.4, -0.2) is 31.5 Å². The summed E-state index contributed by atoms with van der Waals surface area (Å²) in [5, 5.41) is 21.0. The molecule has 0 fully saturated rings. The van der Waals surface area contributed by atoms with Gasteiger partial charge >= 0.3 is 0 Å². The molecule has 0 aliphatic heterocycles. The quantitative estimate of drug-likeness (QED) is 0.911. The number of methoxy groups -OCH3 is 3. The third kappa shape index (κ3) is 1.94. The number of fused-ring (bicyclic) bond motifs is 3. The lowest BCUT2D eigenvalue weighted by Gasteiger charge is -2.32. The fraction of sp³-hybridized carbons (Fsp3) is 0.294. The van der Waals surface area contributed by atoms with E-state index in [0.29, 0.717) is 39.5 Å². The number of aliphatic hydroxyl groups excluding tert-OH is 2. The lowest BCUT2D eigenvalue weighted by atomic mass is 9.80. The second-order valence-electron chi connectivity index (χ2n) is 5.07. The van der Waals surface area contributed by atoms with Gasteiger partial charge in [0.15, 0.2) is 0 Å². The van der Waals surface area contributed by atoms with Gasteiger partial charge in [-0.25, -0.2) is 0 Å². The Bertz CT molecular complexity index is 710. The van der Waals surface area contributed by atoms with Crippen molar-refractivity contribution in [3.05, 3.63) is 41.5 Å². The second kappa shape index (κ2) is 5.51. The number of ether oxygens (including phenoxy) is 3. The summed E-state index contributed by atoms with van der Waals surface area (Å²) in [7, 11) is 4.66. The maximum Gasteiger partial charge on any atom is 0.127 e. The lowest BCUT2D eigenvalue weighted by molar-refractivity contribution is 0.0141. The van der Waals surface area contributed by atoms with Gasteiger partial charge in [0.1, 0.15) is 29.5 Å². The minimum atomic E-state index is -1.10. The minimum absolute atomic E-state index is 0.499. The van der Waals surface area contributed by atoms with Gasteiger partial charge in [0.2, 0.25) is 0 Å². The van der Waals surface area contributed by atoms with Crippen LogP contribution in [0.15, 0.2) is 30.3 Å². The van der Waals surface area contributed by atoms with E-state index in [9.17, 15) is 10.2 Å². The van der Waals surface area contributed by atoms with Crippen LogP contribution in [0, 0.1) is 0 Å². The van der Waals surface area contributed by atoms with E-state index in [-0.39, 0.29) is 0 Å². The van der Waals surface area contributed by atoms with E-state index in [0.717, 1.165) is 0 Å². The largest absolute Gasteiger partial charge is 0.496 e. The Morgan fingerprint density at radius 3 is 1.95 bits per heavy atom. The molecule has 2 aromatic rings. The topological polar surface area (TPSA) is 68.2 Å². The van der Waals surface area contributed by atoms with Crippen LogP contribution in [0.3, 0.4) is 0 Å². The highest BCUT2D eigenvalue weighted by atomic mass is 16.5. The molecule has 0 saturated heterocycles. The van der Waals surface area contributed by atoms with Crippen LogP contribution in [0.1, 0.15) is 23.3 Å². The van der Waals surface area contributed by atoms with Crippen LogP contribution < -0.4 is 14.2 Å². The summed E-state index contributed by atoms with van der Waals surface area (Å²) in [6.45, 7) is 0. The van der Waals surface area contributed by atoms with Gasteiger partial charge in [-0.15, -0.1) is 0 Å². The third-order valence-electron chi connectivity index (χ3n) is 4.05. The van der Waals surface area contributed by atoms with E-state index in [1.807, 2.05) is 6.07 Å². The summed E-state index contributed by atoms with van der Waals surface area (Å²) in [6.07, 6.45) is -2.15. The molecule has 0 spiro atoms. The highest BCUT2D eigenvalue weighted by molar-refractivity contribution is 5.85. The first-order valence-corrected chi connectivity index (χ1v) is 6.92. The molecule has 0 aromatic heterocycles. The Hall–Kier alpha value is -2.24. The van der Waals surface area contributed by atoms with Crippen molar-refractivity contribution in [2.24, 2.45) is 0 Å². The van der Waals surface area contributed by atoms with Crippen LogP contribution >= 0.6 is 0 Å². The molecule has 0 amide bonds. The first kappa shape index (κ1) is 14.7. The summed E-state index contributed by atoms with van der Waals surface area (Å²) in [4.78, 5) is 0. The zero-order valence-electron chi connectivity index (χ0n) is 12.7. The monoisotopic (exact) mass is 302 g/mol. The summed E-state index contributed by atoms with van der Waals surface area (Å²) in [6, 6.07) is 8.86. The molecule has 0 saturated carbocycles. The van der Waals surface area contributed by atoms with Gasteiger partial charge in [0.05, 0.1) is 21.3 Å². The van der Waals surface area contributed by atoms with Gasteiger partial charge in [-0.05, 0) is 23.8 Å². The molecule has 1 aliphatic carbocycles. The van der Waals surface area contributed by atoms with Crippen molar-refractivity contribution < 1.29 is 24.4 Å². The number of benzene rings is 2. The van der Waals surface area contributed by atoms with E-state index in [1.165, 1.54) is 7.11 Å². The standard InChI is InChI=1S/C17H18O5/c1-20-10-6-4-5-9-13(10)14-11(21-2)7-8-12(22-3)15(14)17(19)16(9)18/h4-8,16-19H,1-3H3/t16-,17-/m1/s1. The van der Waals surface area contributed by atoms with Gasteiger partial charge in [-0.2, -0.15) is 0 Å². The number of hydrogen-bond donors (Lipinski definition) is 2. The molecule has 2 N–H and O–H groups in total. The van der Waals surface area contributed by atoms with Gasteiger partial charge < -0.3 is 24.4 Å². The van der Waals surface area contributed by atoms with Crippen molar-refractivity contribution in [3.63, 3.8) is 0 Å². The number of hydrogen-bond acceptors (Lipinski definition) is 5. The van der Waals surface area contributed by atoms with E-state index < -0.39 is 12.2 Å². The predicted molar refractivity (Wildman–Crippen MR) is 81.5 cm³/mol. The molecule has 0 heterocycles. The van der Waals surface area contributed by atoms with Crippen molar-refractivity contribution in [2.75, 3.05) is 21.3 Å². The molecule has 0 radical (unpaired) electrons. The Balaban J connectivity index is 2.43. The van der Waals surface area contributed by atoms with E-state index in [1.54, 1.807) is 38.5 Å². The van der Waals surface area contributed by atoms with Crippen LogP contribution in [0.2, 0.25) is 0 Å². The highest BCUT2D eigenvalue weighted by Gasteiger charge is 2.37. The summed E-state index contributed by atoms with van der Waals surface area (Å²) >= 11 is 0. The van der Waals surface area contributed by atoms with Gasteiger partial charge in [0.25, 0.3) is 0 Å². The maximum atomic E-state index is 10.5. The molecule has 116 valence electrons. The molecule has 5 heteroatoms. The average Bonchev–Trinajstić information content (AvgIpc) is 2.57. The van der Waals surface area contributed by atoms with Crippen LogP contribution in [-0.2, 0) is 0 Å². The Kier molecular flexibility index (Phi) is 3.68. The normalized spacial score (nSPS) is 19.1. The first-order chi connectivity index (χ1) is 10.6. The fourth-order valence-corrected chi connectivity index (χ4v) is 3.04. The molecule has 22 heavy (non-hydrogen) atoms. The molecule has 5 nitrogen and oxygen atoms in total. The van der Waals surface area contributed by atoms with E-state index >= 15 is 0 Å². The van der Waals surface area contributed by atoms with E-state index in [4.69, 9.17) is 14.2 Å². The van der Waals surface area contributed by atoms with Gasteiger partial charge in [0, 0.05) is 16.7 Å². The number of rotatable bonds is 3. The molecule has 0 unspecified atom stereocenters. The highest BCUT2D eigenvalue weighted by Crippen LogP contribution is 2.54. The van der Waals surface area contributed by atoms with Crippen molar-refractivity contribution in [3.8, 4) is 28.4 Å². The van der Waals surface area contributed by atoms with Crippen LogP contribution in [0.4, 0.5) is 0 Å². The van der Waals surface area contributed by atoms with Gasteiger partial charge in [-0.3, -0.25) is 0 Å². The minimum Gasteiger partial charge on any atom is -0.496 e. The van der Waals surface area contributed by atoms with E-state index in [2.05, 4.69) is 0 Å². The molecular weight excluding hydrogens is 284 g/mol. The Morgan fingerprint density at radius 2 is 1.32 bits per heavy atom. The first-order valence-electron chi connectivity index (χ1n) is 6.92. The SMILES string of the molecule is COc1cccc2c1-c1c(OC)ccc(OC)c1[C@@H](O)[C@@H]2O. The number of aliphatic hydroxyl groups is 2. The van der Waals surface area contributed by atoms with Crippen LogP contribution in [0.5, 0.6) is 17.2 Å². The summed E-state index contributed by atoms with van der Waals surface area (Å²) in [5.74, 6) is 1.70. The van der Waals surface area contributed by atoms with Crippen molar-refractivity contribution in [1.82, 2.24) is 0 Å². The van der Waals surface area contributed by atoms with Gasteiger partial charge in [-0.1, -0.05) is 12.1 Å². The Morgan fingerprint density at radius 1 is 0.727 bits per heavy atom. The summed E-state index contributed by atoms with van der Waals surface area (Å²) < 4.78 is 16.2. The Labute approximate surface area is 128 Å². The lowest BCUT2D eigenvalue weighted by Crippen LogP contribution is -2.19. The molecular formula is C17H18O5. The summed E-state index contributed by atoms with van der Waals surface area (Å²) in [5.41, 5.74) is 2.51. The van der Waals surface area contributed by atoms with Crippen molar-refractivity contribution in [1.29, 1.82) is 0 Å². The molecule has 2 atom stereocenters. The maximum absolute atomic E-state index is 10.5. The predicted octanol–water partition coefficient (Wildman–Crippen LogP) is 2.46. The zero-order valence-corrected chi connectivity index (χ0v) is 12.7. The zero-order chi connectivity index (χ0) is 15.9. The third-order valence-corrected chi connectivity index (χ3v) is 4.05. The molecule has 1 aliphatic rings. The molecule has 3 rings (SSSR count). The fourth-order valence-electron chi connectivity index (χ4n) is 3.04. The van der Waals surface area contributed by atoms with Crippen LogP contribution in [0.25, 0.3) is 11.1 Å². The molecule has 2 aromatic carbocycles.